The number of nitrogens with zero attached hydrogens (tertiary/aromatic N) is 1. The summed E-state index contributed by atoms with van der Waals surface area (Å²) in [5.41, 5.74) is 3.83. The van der Waals surface area contributed by atoms with E-state index in [1.54, 1.807) is 18.2 Å². The van der Waals surface area contributed by atoms with Gasteiger partial charge >= 0.3 is 0 Å². The molecule has 0 rings (SSSR count). The first-order valence-corrected chi connectivity index (χ1v) is 11.5. The first-order chi connectivity index (χ1) is 15.1. The number of carbonyl (C=O) groups excluding carboxylic acids is 1. The predicted octanol–water partition coefficient (Wildman–Crippen LogP) is 8.69. The maximum absolute atomic E-state index is 11.8. The van der Waals surface area contributed by atoms with Crippen LogP contribution in [0.25, 0.3) is 0 Å². The number of allylic oxidation sites excluding steroid dienone is 11. The second kappa shape index (κ2) is 21.5. The molecular weight excluding hydrogens is 394 g/mol. The number of rotatable bonds is 10. The highest BCUT2D eigenvalue weighted by Gasteiger charge is 2.09. The zero-order chi connectivity index (χ0) is 25.7. The molecular formula is C29H47NO2. The van der Waals surface area contributed by atoms with Gasteiger partial charge in [-0.3, -0.25) is 9.79 Å². The maximum atomic E-state index is 11.8. The lowest BCUT2D eigenvalue weighted by Crippen LogP contribution is -2.03. The molecule has 0 aliphatic rings. The van der Waals surface area contributed by atoms with E-state index < -0.39 is 0 Å². The number of hydrogen-bond donors (Lipinski definition) is 1. The Morgan fingerprint density at radius 2 is 1.56 bits per heavy atom. The van der Waals surface area contributed by atoms with Gasteiger partial charge in [-0.15, -0.1) is 0 Å². The molecule has 0 aromatic carbocycles. The monoisotopic (exact) mass is 441 g/mol. The van der Waals surface area contributed by atoms with Gasteiger partial charge in [-0.25, -0.2) is 0 Å². The Morgan fingerprint density at radius 3 is 1.94 bits per heavy atom. The topological polar surface area (TPSA) is 49.7 Å². The summed E-state index contributed by atoms with van der Waals surface area (Å²) < 4.78 is 0. The van der Waals surface area contributed by atoms with Crippen LogP contribution in [0, 0.1) is 5.92 Å². The summed E-state index contributed by atoms with van der Waals surface area (Å²) in [6.45, 7) is 28.0. The minimum Gasteiger partial charge on any atom is -0.507 e. The summed E-state index contributed by atoms with van der Waals surface area (Å²) in [4.78, 5) is 16.0. The minimum atomic E-state index is -0.225. The van der Waals surface area contributed by atoms with E-state index in [-0.39, 0.29) is 17.1 Å². The number of Topliss-reactive ketones (excluding diaryl/α,β-unsaturated/α-hetero) is 1. The van der Waals surface area contributed by atoms with Crippen LogP contribution in [0.1, 0.15) is 75.7 Å². The van der Waals surface area contributed by atoms with Gasteiger partial charge in [-0.05, 0) is 68.4 Å². The third-order valence-corrected chi connectivity index (χ3v) is 3.78. The molecule has 180 valence electrons. The third-order valence-electron chi connectivity index (χ3n) is 3.78. The van der Waals surface area contributed by atoms with Crippen molar-refractivity contribution in [1.82, 2.24) is 0 Å². The number of aliphatic hydroxyl groups is 1. The summed E-state index contributed by atoms with van der Waals surface area (Å²) in [6, 6.07) is 0. The van der Waals surface area contributed by atoms with Crippen molar-refractivity contribution in [1.29, 1.82) is 0 Å². The molecule has 3 heteroatoms. The number of aliphatic imine (C=N–C) groups is 1. The molecule has 0 spiro atoms. The Labute approximate surface area is 198 Å². The second-order valence-electron chi connectivity index (χ2n) is 7.54. The molecule has 0 aromatic rings. The molecule has 0 saturated carbocycles. The molecule has 1 N–H and O–H groups in total. The molecule has 0 saturated heterocycles. The molecule has 0 amide bonds. The van der Waals surface area contributed by atoms with E-state index in [2.05, 4.69) is 38.9 Å². The lowest BCUT2D eigenvalue weighted by atomic mass is 9.95. The van der Waals surface area contributed by atoms with Crippen LogP contribution in [-0.4, -0.2) is 23.6 Å². The summed E-state index contributed by atoms with van der Waals surface area (Å²) in [5.74, 6) is 0.520. The smallest absolute Gasteiger partial charge is 0.165 e. The van der Waals surface area contributed by atoms with Gasteiger partial charge in [0.2, 0.25) is 0 Å². The Balaban J connectivity index is -0.00000125. The van der Waals surface area contributed by atoms with Crippen LogP contribution < -0.4 is 0 Å². The molecule has 0 atom stereocenters. The molecule has 0 aliphatic heterocycles. The van der Waals surface area contributed by atoms with Crippen LogP contribution in [0.5, 0.6) is 0 Å². The normalized spacial score (nSPS) is 13.6. The van der Waals surface area contributed by atoms with Crippen molar-refractivity contribution in [2.45, 2.75) is 75.7 Å². The number of carbonyl (C=O) groups is 1. The highest BCUT2D eigenvalue weighted by atomic mass is 16.3. The maximum Gasteiger partial charge on any atom is 0.165 e. The van der Waals surface area contributed by atoms with Crippen LogP contribution in [0.3, 0.4) is 0 Å². The van der Waals surface area contributed by atoms with Crippen LogP contribution >= 0.6 is 0 Å². The van der Waals surface area contributed by atoms with E-state index in [0.29, 0.717) is 6.54 Å². The number of ketones is 1. The van der Waals surface area contributed by atoms with Crippen molar-refractivity contribution in [3.8, 4) is 0 Å². The zero-order valence-corrected chi connectivity index (χ0v) is 22.2. The predicted molar refractivity (Wildman–Crippen MR) is 146 cm³/mol. The summed E-state index contributed by atoms with van der Waals surface area (Å²) in [6.07, 6.45) is 13.3. The van der Waals surface area contributed by atoms with Gasteiger partial charge in [0.25, 0.3) is 0 Å². The van der Waals surface area contributed by atoms with Crippen molar-refractivity contribution < 1.29 is 9.90 Å². The van der Waals surface area contributed by atoms with Crippen LogP contribution in [0.15, 0.2) is 88.2 Å². The first-order valence-electron chi connectivity index (χ1n) is 11.5. The lowest BCUT2D eigenvalue weighted by molar-refractivity contribution is -0.113. The molecule has 0 aliphatic carbocycles. The first kappa shape index (κ1) is 33.9. The molecule has 0 radical (unpaired) electrons. The Hall–Kier alpha value is -2.68. The van der Waals surface area contributed by atoms with Gasteiger partial charge in [-0.2, -0.15) is 0 Å². The van der Waals surface area contributed by atoms with Crippen molar-refractivity contribution in [3.05, 3.63) is 83.2 Å². The minimum absolute atomic E-state index is 0.0878. The molecule has 0 aromatic heterocycles. The van der Waals surface area contributed by atoms with Crippen molar-refractivity contribution in [2.75, 3.05) is 6.54 Å². The molecule has 0 bridgehead atoms. The average molecular weight is 442 g/mol. The Bertz CT molecular complexity index is 751. The average Bonchev–Trinajstić information content (AvgIpc) is 2.74. The molecule has 0 unspecified atom stereocenters. The van der Waals surface area contributed by atoms with Gasteiger partial charge in [0.1, 0.15) is 5.76 Å². The van der Waals surface area contributed by atoms with Crippen molar-refractivity contribution in [3.63, 3.8) is 0 Å². The van der Waals surface area contributed by atoms with E-state index in [1.165, 1.54) is 13.1 Å². The largest absolute Gasteiger partial charge is 0.507 e. The van der Waals surface area contributed by atoms with Crippen molar-refractivity contribution in [2.24, 2.45) is 10.9 Å². The molecule has 3 nitrogen and oxygen atoms in total. The fourth-order valence-electron chi connectivity index (χ4n) is 2.18. The summed E-state index contributed by atoms with van der Waals surface area (Å²) in [5, 5.41) is 10.4. The van der Waals surface area contributed by atoms with Crippen LogP contribution in [-0.2, 0) is 4.79 Å². The van der Waals surface area contributed by atoms with Gasteiger partial charge in [0.05, 0.1) is 5.57 Å². The fraction of sp³-hybridized carbons (Fsp3) is 0.448. The highest BCUT2D eigenvalue weighted by molar-refractivity contribution is 6.12. The SMILES string of the molecule is C=CC(=C(C)/C(C)=C/C(O)=C(\C=NCCC)C(C)=O)/C(C=C)=C/C=C\C.CC.CC(C)C. The van der Waals surface area contributed by atoms with E-state index in [9.17, 15) is 9.90 Å². The highest BCUT2D eigenvalue weighted by Crippen LogP contribution is 2.23. The molecule has 0 heterocycles. The van der Waals surface area contributed by atoms with Crippen LogP contribution in [0.4, 0.5) is 0 Å². The molecule has 0 fully saturated rings. The summed E-state index contributed by atoms with van der Waals surface area (Å²) >= 11 is 0. The number of aliphatic hydroxyl groups excluding tert-OH is 1. The Morgan fingerprint density at radius 1 is 1.03 bits per heavy atom. The standard InChI is InChI=1S/C23H31NO2.C4H10.C2H6/c1-8-12-13-20(10-3)21(11-4)18(6)17(5)15-23(26)22(19(7)25)16-24-14-9-2;1-4(2)3;1-2/h8,10-13,15-16,26H,3-4,9,14H2,1-2,5-7H3;4H,1-3H3;1-2H3/b12-8-,17-15+,20-13+,21-18-,23-22-,24-16?;;. The molecule has 32 heavy (non-hydrogen) atoms. The van der Waals surface area contributed by atoms with Crippen LogP contribution in [0.2, 0.25) is 0 Å². The van der Waals surface area contributed by atoms with E-state index in [4.69, 9.17) is 0 Å². The fourth-order valence-corrected chi connectivity index (χ4v) is 2.18. The quantitative estimate of drug-likeness (QED) is 0.159. The number of hydrogen-bond acceptors (Lipinski definition) is 3. The van der Waals surface area contributed by atoms with Gasteiger partial charge in [-0.1, -0.05) is 85.1 Å². The van der Waals surface area contributed by atoms with Gasteiger partial charge in [0.15, 0.2) is 5.78 Å². The van der Waals surface area contributed by atoms with Gasteiger partial charge < -0.3 is 5.11 Å². The van der Waals surface area contributed by atoms with Crippen molar-refractivity contribution >= 4 is 12.0 Å². The Kier molecular flexibility index (Phi) is 22.9. The second-order valence-corrected chi connectivity index (χ2v) is 7.54. The van der Waals surface area contributed by atoms with Gasteiger partial charge in [0, 0.05) is 12.8 Å². The van der Waals surface area contributed by atoms with E-state index >= 15 is 0 Å². The third kappa shape index (κ3) is 16.1. The zero-order valence-electron chi connectivity index (χ0n) is 22.2. The summed E-state index contributed by atoms with van der Waals surface area (Å²) in [7, 11) is 0. The van der Waals surface area contributed by atoms with E-state index in [1.807, 2.05) is 59.8 Å². The lowest BCUT2D eigenvalue weighted by Gasteiger charge is -2.11. The van der Waals surface area contributed by atoms with E-state index in [0.717, 1.165) is 34.6 Å².